The fourth-order valence-electron chi connectivity index (χ4n) is 1.84. The molecule has 0 aliphatic heterocycles. The van der Waals surface area contributed by atoms with Gasteiger partial charge < -0.3 is 9.26 Å². The van der Waals surface area contributed by atoms with E-state index in [0.29, 0.717) is 23.9 Å². The lowest BCUT2D eigenvalue weighted by atomic mass is 10.2. The molecule has 108 valence electrons. The number of nitro groups is 1. The number of carbonyl (C=O) groups is 1. The Hall–Kier alpha value is -2.77. The van der Waals surface area contributed by atoms with Crippen molar-refractivity contribution in [3.63, 3.8) is 0 Å². The van der Waals surface area contributed by atoms with E-state index in [1.807, 2.05) is 0 Å². The van der Waals surface area contributed by atoms with E-state index in [0.717, 1.165) is 18.9 Å². The smallest absolute Gasteiger partial charge is 0.311 e. The Morgan fingerprint density at radius 1 is 1.48 bits per heavy atom. The highest BCUT2D eigenvalue weighted by Crippen LogP contribution is 2.38. The number of ether oxygens (including phenoxy) is 1. The zero-order valence-electron chi connectivity index (χ0n) is 10.9. The summed E-state index contributed by atoms with van der Waals surface area (Å²) in [5, 5.41) is 14.7. The van der Waals surface area contributed by atoms with Crippen LogP contribution in [0.5, 0.6) is 5.75 Å². The zero-order valence-corrected chi connectivity index (χ0v) is 10.9. The van der Waals surface area contributed by atoms with Crippen LogP contribution in [0, 0.1) is 10.1 Å². The summed E-state index contributed by atoms with van der Waals surface area (Å²) in [6, 6.07) is 3.99. The van der Waals surface area contributed by atoms with Crippen LogP contribution in [0.3, 0.4) is 0 Å². The molecule has 1 aliphatic rings. The lowest BCUT2D eigenvalue weighted by Gasteiger charge is -2.04. The molecule has 0 amide bonds. The molecule has 3 rings (SSSR count). The van der Waals surface area contributed by atoms with Crippen molar-refractivity contribution in [3.05, 3.63) is 45.6 Å². The second-order valence-corrected chi connectivity index (χ2v) is 4.71. The minimum Gasteiger partial charge on any atom is -0.478 e. The van der Waals surface area contributed by atoms with Crippen LogP contribution in [-0.2, 0) is 6.61 Å². The van der Waals surface area contributed by atoms with Gasteiger partial charge in [-0.25, -0.2) is 0 Å². The largest absolute Gasteiger partial charge is 0.478 e. The lowest BCUT2D eigenvalue weighted by Crippen LogP contribution is -2.01. The Bertz CT molecular complexity index is 693. The van der Waals surface area contributed by atoms with Gasteiger partial charge in [0.2, 0.25) is 11.7 Å². The minimum absolute atomic E-state index is 0.0303. The normalized spacial score (nSPS) is 13.9. The first-order valence-corrected chi connectivity index (χ1v) is 6.36. The average Bonchev–Trinajstić information content (AvgIpc) is 3.24. The molecule has 0 bridgehead atoms. The molecule has 8 nitrogen and oxygen atoms in total. The molecule has 1 saturated carbocycles. The summed E-state index contributed by atoms with van der Waals surface area (Å²) in [5.74, 6) is 1.32. The fourth-order valence-corrected chi connectivity index (χ4v) is 1.84. The molecule has 21 heavy (non-hydrogen) atoms. The van der Waals surface area contributed by atoms with Crippen LogP contribution in [0.2, 0.25) is 0 Å². The van der Waals surface area contributed by atoms with Gasteiger partial charge >= 0.3 is 5.69 Å². The average molecular weight is 289 g/mol. The number of benzene rings is 1. The summed E-state index contributed by atoms with van der Waals surface area (Å²) in [6.07, 6.45) is 2.63. The van der Waals surface area contributed by atoms with E-state index >= 15 is 0 Å². The second kappa shape index (κ2) is 5.31. The number of carbonyl (C=O) groups excluding carboxylic acids is 1. The van der Waals surface area contributed by atoms with E-state index in [1.165, 1.54) is 12.1 Å². The molecule has 8 heteroatoms. The summed E-state index contributed by atoms with van der Waals surface area (Å²) < 4.78 is 10.4. The Morgan fingerprint density at radius 2 is 2.29 bits per heavy atom. The van der Waals surface area contributed by atoms with E-state index < -0.39 is 4.92 Å². The second-order valence-electron chi connectivity index (χ2n) is 4.71. The third kappa shape index (κ3) is 2.88. The van der Waals surface area contributed by atoms with Crippen LogP contribution in [0.15, 0.2) is 22.7 Å². The van der Waals surface area contributed by atoms with Gasteiger partial charge in [-0.05, 0) is 25.0 Å². The van der Waals surface area contributed by atoms with Crippen LogP contribution in [0.4, 0.5) is 5.69 Å². The number of aldehydes is 1. The van der Waals surface area contributed by atoms with E-state index in [9.17, 15) is 14.9 Å². The SMILES string of the molecule is O=Cc1ccc(OCc2noc(C3CC3)n2)c([N+](=O)[O-])c1. The van der Waals surface area contributed by atoms with Gasteiger partial charge in [0, 0.05) is 17.5 Å². The van der Waals surface area contributed by atoms with Crippen molar-refractivity contribution in [1.29, 1.82) is 0 Å². The number of hydrogen-bond donors (Lipinski definition) is 0. The quantitative estimate of drug-likeness (QED) is 0.455. The molecule has 0 saturated heterocycles. The molecule has 1 heterocycles. The van der Waals surface area contributed by atoms with Gasteiger partial charge in [-0.15, -0.1) is 0 Å². The highest BCUT2D eigenvalue weighted by molar-refractivity contribution is 5.77. The fraction of sp³-hybridized carbons (Fsp3) is 0.308. The predicted octanol–water partition coefficient (Wildman–Crippen LogP) is 2.25. The molecule has 0 atom stereocenters. The first-order valence-electron chi connectivity index (χ1n) is 6.36. The number of aromatic nitrogens is 2. The van der Waals surface area contributed by atoms with Gasteiger partial charge in [0.15, 0.2) is 12.4 Å². The Balaban J connectivity index is 1.74. The topological polar surface area (TPSA) is 108 Å². The summed E-state index contributed by atoms with van der Waals surface area (Å²) in [5.41, 5.74) is -0.0601. The molecule has 2 aromatic rings. The molecule has 1 aromatic carbocycles. The Morgan fingerprint density at radius 3 is 2.95 bits per heavy atom. The van der Waals surface area contributed by atoms with Gasteiger partial charge in [0.1, 0.15) is 6.29 Å². The van der Waals surface area contributed by atoms with Gasteiger partial charge in [0.05, 0.1) is 4.92 Å². The maximum Gasteiger partial charge on any atom is 0.311 e. The Labute approximate surface area is 118 Å². The van der Waals surface area contributed by atoms with Crippen molar-refractivity contribution in [2.75, 3.05) is 0 Å². The maximum absolute atomic E-state index is 11.0. The summed E-state index contributed by atoms with van der Waals surface area (Å²) in [7, 11) is 0. The molecule has 1 fully saturated rings. The van der Waals surface area contributed by atoms with E-state index in [1.54, 1.807) is 0 Å². The summed E-state index contributed by atoms with van der Waals surface area (Å²) >= 11 is 0. The van der Waals surface area contributed by atoms with Crippen molar-refractivity contribution < 1.29 is 19.0 Å². The predicted molar refractivity (Wildman–Crippen MR) is 69.1 cm³/mol. The lowest BCUT2D eigenvalue weighted by molar-refractivity contribution is -0.386. The molecular weight excluding hydrogens is 278 g/mol. The van der Waals surface area contributed by atoms with Crippen LogP contribution < -0.4 is 4.74 Å². The number of rotatable bonds is 6. The number of nitro benzene ring substituents is 1. The number of hydrogen-bond acceptors (Lipinski definition) is 7. The van der Waals surface area contributed by atoms with Crippen molar-refractivity contribution >= 4 is 12.0 Å². The molecule has 0 radical (unpaired) electrons. The molecule has 0 N–H and O–H groups in total. The van der Waals surface area contributed by atoms with Gasteiger partial charge in [0.25, 0.3) is 0 Å². The standard InChI is InChI=1S/C13H11N3O5/c17-6-8-1-4-11(10(5-8)16(18)19)20-7-12-14-13(21-15-12)9-2-3-9/h1,4-6,9H,2-3,7H2. The van der Waals surface area contributed by atoms with Crippen molar-refractivity contribution in [3.8, 4) is 5.75 Å². The first-order chi connectivity index (χ1) is 10.2. The van der Waals surface area contributed by atoms with Crippen LogP contribution in [-0.4, -0.2) is 21.4 Å². The molecule has 0 spiro atoms. The third-order valence-corrected chi connectivity index (χ3v) is 3.08. The monoisotopic (exact) mass is 289 g/mol. The van der Waals surface area contributed by atoms with E-state index in [2.05, 4.69) is 10.1 Å². The highest BCUT2D eigenvalue weighted by atomic mass is 16.6. The van der Waals surface area contributed by atoms with Gasteiger partial charge in [-0.1, -0.05) is 5.16 Å². The first kappa shape index (κ1) is 13.2. The zero-order chi connectivity index (χ0) is 14.8. The maximum atomic E-state index is 11.0. The van der Waals surface area contributed by atoms with Crippen molar-refractivity contribution in [2.45, 2.75) is 25.4 Å². The van der Waals surface area contributed by atoms with Crippen LogP contribution in [0.1, 0.15) is 40.8 Å². The Kier molecular flexibility index (Phi) is 3.35. The molecule has 0 unspecified atom stereocenters. The molecule has 1 aromatic heterocycles. The molecular formula is C13H11N3O5. The summed E-state index contributed by atoms with van der Waals surface area (Å²) in [6.45, 7) is -0.0303. The van der Waals surface area contributed by atoms with Crippen LogP contribution >= 0.6 is 0 Å². The van der Waals surface area contributed by atoms with Crippen LogP contribution in [0.25, 0.3) is 0 Å². The molecule has 1 aliphatic carbocycles. The van der Waals surface area contributed by atoms with E-state index in [-0.39, 0.29) is 23.6 Å². The van der Waals surface area contributed by atoms with E-state index in [4.69, 9.17) is 9.26 Å². The van der Waals surface area contributed by atoms with Crippen molar-refractivity contribution in [2.24, 2.45) is 0 Å². The van der Waals surface area contributed by atoms with Crippen molar-refractivity contribution in [1.82, 2.24) is 10.1 Å². The minimum atomic E-state index is -0.603. The highest BCUT2D eigenvalue weighted by Gasteiger charge is 2.29. The third-order valence-electron chi connectivity index (χ3n) is 3.08. The van der Waals surface area contributed by atoms with Gasteiger partial charge in [-0.3, -0.25) is 14.9 Å². The van der Waals surface area contributed by atoms with Gasteiger partial charge in [-0.2, -0.15) is 4.98 Å². The summed E-state index contributed by atoms with van der Waals surface area (Å²) in [4.78, 5) is 25.2. The number of nitrogens with zero attached hydrogens (tertiary/aromatic N) is 3.